The molecule has 1 aromatic rings. The molecule has 0 spiro atoms. The lowest BCUT2D eigenvalue weighted by Gasteiger charge is -2.17. The van der Waals surface area contributed by atoms with Gasteiger partial charge < -0.3 is 15.6 Å². The van der Waals surface area contributed by atoms with E-state index in [1.54, 1.807) is 6.92 Å². The van der Waals surface area contributed by atoms with Gasteiger partial charge in [0.1, 0.15) is 6.04 Å². The number of hydrogen-bond donors (Lipinski definition) is 2. The third-order valence-electron chi connectivity index (χ3n) is 2.86. The summed E-state index contributed by atoms with van der Waals surface area (Å²) in [5.41, 5.74) is 5.60. The number of carbonyl (C=O) groups is 1. The molecular formula is C13H24N4O2. The highest BCUT2D eigenvalue weighted by atomic mass is 16.5. The highest BCUT2D eigenvalue weighted by Gasteiger charge is 2.25. The largest absolute Gasteiger partial charge is 0.343 e. The zero-order chi connectivity index (χ0) is 14.8. The van der Waals surface area contributed by atoms with Gasteiger partial charge in [0.25, 0.3) is 0 Å². The van der Waals surface area contributed by atoms with Crippen molar-refractivity contribution in [3.8, 4) is 0 Å². The first-order valence-corrected chi connectivity index (χ1v) is 6.53. The van der Waals surface area contributed by atoms with Crippen LogP contribution in [0.4, 0.5) is 0 Å². The van der Waals surface area contributed by atoms with Gasteiger partial charge in [0.2, 0.25) is 11.8 Å². The number of nitrogens with zero attached hydrogens (tertiary/aromatic N) is 2. The number of rotatable bonds is 4. The third kappa shape index (κ3) is 4.02. The molecule has 0 bridgehead atoms. The summed E-state index contributed by atoms with van der Waals surface area (Å²) in [6, 6.07) is -0.881. The van der Waals surface area contributed by atoms with Crippen LogP contribution in [0.3, 0.4) is 0 Å². The Morgan fingerprint density at radius 2 is 1.89 bits per heavy atom. The molecule has 1 heterocycles. The van der Waals surface area contributed by atoms with Crippen molar-refractivity contribution in [1.29, 1.82) is 0 Å². The molecule has 0 fully saturated rings. The van der Waals surface area contributed by atoms with Crippen LogP contribution in [0.15, 0.2) is 4.52 Å². The Balaban J connectivity index is 2.71. The normalized spacial score (nSPS) is 15.4. The van der Waals surface area contributed by atoms with Crippen molar-refractivity contribution >= 4 is 5.91 Å². The molecule has 0 aromatic carbocycles. The monoisotopic (exact) mass is 268 g/mol. The minimum absolute atomic E-state index is 0.0834. The van der Waals surface area contributed by atoms with Gasteiger partial charge in [-0.2, -0.15) is 4.98 Å². The maximum atomic E-state index is 11.8. The lowest BCUT2D eigenvalue weighted by molar-refractivity contribution is -0.124. The van der Waals surface area contributed by atoms with Crippen molar-refractivity contribution in [3.05, 3.63) is 11.7 Å². The fraction of sp³-hybridized carbons (Fsp3) is 0.769. The molecule has 1 unspecified atom stereocenters. The van der Waals surface area contributed by atoms with Gasteiger partial charge in [0, 0.05) is 5.41 Å². The predicted molar refractivity (Wildman–Crippen MR) is 72.4 cm³/mol. The van der Waals surface area contributed by atoms with Crippen molar-refractivity contribution in [2.24, 2.45) is 11.7 Å². The maximum absolute atomic E-state index is 11.8. The molecule has 1 amide bonds. The van der Waals surface area contributed by atoms with Gasteiger partial charge in [-0.3, -0.25) is 4.79 Å². The van der Waals surface area contributed by atoms with E-state index in [-0.39, 0.29) is 23.3 Å². The second kappa shape index (κ2) is 5.69. The summed E-state index contributed by atoms with van der Waals surface area (Å²) in [5.74, 6) is 0.893. The van der Waals surface area contributed by atoms with Crippen molar-refractivity contribution in [2.45, 2.75) is 59.0 Å². The van der Waals surface area contributed by atoms with Gasteiger partial charge in [-0.05, 0) is 12.8 Å². The molecule has 1 aromatic heterocycles. The average Bonchev–Trinajstić information content (AvgIpc) is 2.76. The van der Waals surface area contributed by atoms with E-state index in [0.29, 0.717) is 11.7 Å². The van der Waals surface area contributed by atoms with Crippen molar-refractivity contribution in [2.75, 3.05) is 0 Å². The van der Waals surface area contributed by atoms with Gasteiger partial charge in [0.05, 0.1) is 6.04 Å². The summed E-state index contributed by atoms with van der Waals surface area (Å²) in [6.07, 6.45) is 0. The van der Waals surface area contributed by atoms with E-state index in [2.05, 4.69) is 15.5 Å². The van der Waals surface area contributed by atoms with Crippen LogP contribution in [0.25, 0.3) is 0 Å². The zero-order valence-electron chi connectivity index (χ0n) is 12.5. The Hall–Kier alpha value is -1.43. The average molecular weight is 268 g/mol. The van der Waals surface area contributed by atoms with Gasteiger partial charge in [0.15, 0.2) is 5.82 Å². The number of hydrogen-bond acceptors (Lipinski definition) is 5. The molecule has 19 heavy (non-hydrogen) atoms. The summed E-state index contributed by atoms with van der Waals surface area (Å²) < 4.78 is 5.18. The first-order chi connectivity index (χ1) is 8.62. The second-order valence-corrected chi connectivity index (χ2v) is 6.21. The Bertz CT molecular complexity index is 434. The molecule has 108 valence electrons. The first-order valence-electron chi connectivity index (χ1n) is 6.53. The molecule has 6 heteroatoms. The number of amides is 1. The highest BCUT2D eigenvalue weighted by molar-refractivity contribution is 5.81. The molecular weight excluding hydrogens is 244 g/mol. The maximum Gasteiger partial charge on any atom is 0.248 e. The Morgan fingerprint density at radius 1 is 1.32 bits per heavy atom. The number of carbonyl (C=O) groups excluding carboxylic acids is 1. The Labute approximate surface area is 114 Å². The van der Waals surface area contributed by atoms with E-state index in [0.717, 1.165) is 0 Å². The van der Waals surface area contributed by atoms with Gasteiger partial charge in [-0.1, -0.05) is 39.8 Å². The highest BCUT2D eigenvalue weighted by Crippen LogP contribution is 2.20. The molecule has 0 aliphatic rings. The fourth-order valence-corrected chi connectivity index (χ4v) is 1.39. The molecule has 0 aliphatic heterocycles. The van der Waals surface area contributed by atoms with Crippen LogP contribution in [0.2, 0.25) is 0 Å². The quantitative estimate of drug-likeness (QED) is 0.863. The molecule has 3 N–H and O–H groups in total. The second-order valence-electron chi connectivity index (χ2n) is 6.21. The standard InChI is InChI=1S/C13H24N4O2/c1-7(2)9(14)10(18)15-8(3)11-16-12(17-19-11)13(4,5)6/h7-9H,14H2,1-6H3,(H,15,18)/t8?,9-/m0/s1. The lowest BCUT2D eigenvalue weighted by atomic mass is 9.96. The van der Waals surface area contributed by atoms with Crippen molar-refractivity contribution in [1.82, 2.24) is 15.5 Å². The van der Waals surface area contributed by atoms with E-state index in [4.69, 9.17) is 10.3 Å². The van der Waals surface area contributed by atoms with E-state index in [9.17, 15) is 4.79 Å². The fourth-order valence-electron chi connectivity index (χ4n) is 1.39. The molecule has 6 nitrogen and oxygen atoms in total. The van der Waals surface area contributed by atoms with Crippen LogP contribution in [-0.2, 0) is 10.2 Å². The zero-order valence-corrected chi connectivity index (χ0v) is 12.5. The summed E-state index contributed by atoms with van der Waals surface area (Å²) >= 11 is 0. The van der Waals surface area contributed by atoms with Crippen LogP contribution in [0, 0.1) is 5.92 Å². The number of nitrogens with two attached hydrogens (primary N) is 1. The van der Waals surface area contributed by atoms with E-state index < -0.39 is 6.04 Å². The molecule has 0 saturated heterocycles. The Morgan fingerprint density at radius 3 is 2.32 bits per heavy atom. The van der Waals surface area contributed by atoms with Crippen LogP contribution >= 0.6 is 0 Å². The van der Waals surface area contributed by atoms with E-state index >= 15 is 0 Å². The summed E-state index contributed by atoms with van der Waals surface area (Å²) in [5, 5.41) is 6.71. The van der Waals surface area contributed by atoms with Crippen LogP contribution in [-0.4, -0.2) is 22.1 Å². The SMILES string of the molecule is CC(NC(=O)[C@@H](N)C(C)C)c1nc(C(C)(C)C)no1. The summed E-state index contributed by atoms with van der Waals surface area (Å²) in [7, 11) is 0. The van der Waals surface area contributed by atoms with Crippen molar-refractivity contribution in [3.63, 3.8) is 0 Å². The number of nitrogens with one attached hydrogen (secondary N) is 1. The van der Waals surface area contributed by atoms with Crippen LogP contribution < -0.4 is 11.1 Å². The van der Waals surface area contributed by atoms with Crippen molar-refractivity contribution < 1.29 is 9.32 Å². The van der Waals surface area contributed by atoms with Gasteiger partial charge in [-0.25, -0.2) is 0 Å². The minimum Gasteiger partial charge on any atom is -0.343 e. The first kappa shape index (κ1) is 15.6. The summed E-state index contributed by atoms with van der Waals surface area (Å²) in [6.45, 7) is 11.6. The Kier molecular flexibility index (Phi) is 4.68. The van der Waals surface area contributed by atoms with E-state index in [1.807, 2.05) is 34.6 Å². The van der Waals surface area contributed by atoms with Crippen LogP contribution in [0.1, 0.15) is 59.3 Å². The topological polar surface area (TPSA) is 94.0 Å². The van der Waals surface area contributed by atoms with Gasteiger partial charge >= 0.3 is 0 Å². The molecule has 0 radical (unpaired) electrons. The lowest BCUT2D eigenvalue weighted by Crippen LogP contribution is -2.44. The van der Waals surface area contributed by atoms with Gasteiger partial charge in [-0.15, -0.1) is 0 Å². The minimum atomic E-state index is -0.535. The molecule has 0 aliphatic carbocycles. The predicted octanol–water partition coefficient (Wildman–Crippen LogP) is 1.53. The molecule has 1 rings (SSSR count). The summed E-state index contributed by atoms with van der Waals surface area (Å²) in [4.78, 5) is 16.2. The number of aromatic nitrogens is 2. The molecule has 2 atom stereocenters. The van der Waals surface area contributed by atoms with E-state index in [1.165, 1.54) is 0 Å². The van der Waals surface area contributed by atoms with Crippen LogP contribution in [0.5, 0.6) is 0 Å². The third-order valence-corrected chi connectivity index (χ3v) is 2.86. The molecule has 0 saturated carbocycles. The smallest absolute Gasteiger partial charge is 0.248 e.